The molecule has 0 atom stereocenters. The third-order valence-electron chi connectivity index (χ3n) is 8.37. The Morgan fingerprint density at radius 2 is 0.962 bits per heavy atom. The minimum atomic E-state index is -0.686. The molecule has 2 nitrogen and oxygen atoms in total. The van der Waals surface area contributed by atoms with E-state index in [0.717, 1.165) is 17.8 Å². The highest BCUT2D eigenvalue weighted by Gasteiger charge is 2.52. The van der Waals surface area contributed by atoms with E-state index in [4.69, 9.17) is 0 Å². The lowest BCUT2D eigenvalue weighted by molar-refractivity contribution is -0.132. The first-order valence-electron chi connectivity index (χ1n) is 11.5. The molecule has 0 amide bonds. The van der Waals surface area contributed by atoms with Gasteiger partial charge in [0.25, 0.3) is 0 Å². The average Bonchev–Trinajstić information content (AvgIpc) is 2.70. The summed E-state index contributed by atoms with van der Waals surface area (Å²) in [4.78, 5) is 12.0. The first-order chi connectivity index (χ1) is 12.6. The fraction of sp³-hybridized carbons (Fsp3) is 0.875. The van der Waals surface area contributed by atoms with Crippen molar-refractivity contribution in [2.75, 3.05) is 0 Å². The van der Waals surface area contributed by atoms with Crippen LogP contribution < -0.4 is 0 Å². The van der Waals surface area contributed by atoms with E-state index < -0.39 is 5.97 Å². The van der Waals surface area contributed by atoms with Crippen molar-refractivity contribution in [3.05, 3.63) is 11.1 Å². The molecule has 2 heteroatoms. The molecule has 148 valence electrons. The second kappa shape index (κ2) is 8.93. The normalized spacial score (nSPS) is 25.8. The third kappa shape index (κ3) is 3.76. The van der Waals surface area contributed by atoms with Crippen molar-refractivity contribution in [3.8, 4) is 0 Å². The molecule has 1 N–H and O–H groups in total. The van der Waals surface area contributed by atoms with E-state index in [2.05, 4.69) is 6.92 Å². The van der Waals surface area contributed by atoms with Crippen LogP contribution in [-0.2, 0) is 4.79 Å². The zero-order valence-corrected chi connectivity index (χ0v) is 17.2. The smallest absolute Gasteiger partial charge is 0.331 e. The summed E-state index contributed by atoms with van der Waals surface area (Å²) < 4.78 is 0. The van der Waals surface area contributed by atoms with E-state index in [9.17, 15) is 9.90 Å². The van der Waals surface area contributed by atoms with Gasteiger partial charge in [0, 0.05) is 11.0 Å². The number of hydrogen-bond acceptors (Lipinski definition) is 1. The summed E-state index contributed by atoms with van der Waals surface area (Å²) in [5.41, 5.74) is 2.10. The minimum absolute atomic E-state index is 0.170. The molecule has 3 aliphatic carbocycles. The SMILES string of the molecule is CC(C(=O)O)=C(C)C(C1CCCCC1)(C1CCCCC1)C1CCCCC1. The summed E-state index contributed by atoms with van der Waals surface area (Å²) in [6.07, 6.45) is 20.2. The van der Waals surface area contributed by atoms with Crippen LogP contribution >= 0.6 is 0 Å². The lowest BCUT2D eigenvalue weighted by Gasteiger charge is -2.56. The van der Waals surface area contributed by atoms with Gasteiger partial charge in [-0.25, -0.2) is 4.79 Å². The van der Waals surface area contributed by atoms with Crippen LogP contribution in [0.5, 0.6) is 0 Å². The molecular formula is C24H40O2. The fourth-order valence-electron chi connectivity index (χ4n) is 7.14. The van der Waals surface area contributed by atoms with Crippen LogP contribution in [0.3, 0.4) is 0 Å². The Hall–Kier alpha value is -0.790. The third-order valence-corrected chi connectivity index (χ3v) is 8.37. The van der Waals surface area contributed by atoms with Gasteiger partial charge in [0.05, 0.1) is 0 Å². The van der Waals surface area contributed by atoms with Crippen molar-refractivity contribution in [1.29, 1.82) is 0 Å². The van der Waals surface area contributed by atoms with E-state index in [-0.39, 0.29) is 5.41 Å². The number of carbonyl (C=O) groups is 1. The van der Waals surface area contributed by atoms with E-state index in [0.29, 0.717) is 5.57 Å². The zero-order chi connectivity index (χ0) is 18.6. The first kappa shape index (κ1) is 20.0. The Bertz CT molecular complexity index is 455. The van der Waals surface area contributed by atoms with Crippen molar-refractivity contribution in [3.63, 3.8) is 0 Å². The molecule has 0 spiro atoms. The van der Waals surface area contributed by atoms with Crippen molar-refractivity contribution in [1.82, 2.24) is 0 Å². The Morgan fingerprint density at radius 1 is 0.654 bits per heavy atom. The monoisotopic (exact) mass is 360 g/mol. The summed E-state index contributed by atoms with van der Waals surface area (Å²) in [5, 5.41) is 9.85. The van der Waals surface area contributed by atoms with Gasteiger partial charge in [-0.3, -0.25) is 0 Å². The molecule has 0 bridgehead atoms. The van der Waals surface area contributed by atoms with E-state index in [1.54, 1.807) is 0 Å². The van der Waals surface area contributed by atoms with Crippen LogP contribution in [0.25, 0.3) is 0 Å². The average molecular weight is 361 g/mol. The Kier molecular flexibility index (Phi) is 6.86. The van der Waals surface area contributed by atoms with Gasteiger partial charge in [-0.15, -0.1) is 0 Å². The highest BCUT2D eigenvalue weighted by atomic mass is 16.4. The summed E-state index contributed by atoms with van der Waals surface area (Å²) >= 11 is 0. The predicted molar refractivity (Wildman–Crippen MR) is 108 cm³/mol. The number of carboxylic acids is 1. The molecule has 3 aliphatic rings. The highest BCUT2D eigenvalue weighted by molar-refractivity contribution is 5.87. The number of aliphatic carboxylic acids is 1. The molecular weight excluding hydrogens is 320 g/mol. The molecule has 0 unspecified atom stereocenters. The Labute approximate surface area is 160 Å². The van der Waals surface area contributed by atoms with Crippen molar-refractivity contribution < 1.29 is 9.90 Å². The van der Waals surface area contributed by atoms with Crippen LogP contribution in [0.1, 0.15) is 110 Å². The lowest BCUT2D eigenvalue weighted by atomic mass is 9.48. The van der Waals surface area contributed by atoms with Crippen molar-refractivity contribution >= 4 is 5.97 Å². The van der Waals surface area contributed by atoms with Gasteiger partial charge >= 0.3 is 5.97 Å². The largest absolute Gasteiger partial charge is 0.478 e. The van der Waals surface area contributed by atoms with Gasteiger partial charge in [0.1, 0.15) is 0 Å². The molecule has 0 heterocycles. The van der Waals surface area contributed by atoms with E-state index >= 15 is 0 Å². The Morgan fingerprint density at radius 3 is 1.23 bits per heavy atom. The summed E-state index contributed by atoms with van der Waals surface area (Å²) in [6.45, 7) is 4.11. The molecule has 0 aromatic rings. The quantitative estimate of drug-likeness (QED) is 0.529. The van der Waals surface area contributed by atoms with Crippen LogP contribution in [-0.4, -0.2) is 11.1 Å². The molecule has 26 heavy (non-hydrogen) atoms. The Balaban J connectivity index is 2.11. The maximum atomic E-state index is 12.0. The zero-order valence-electron chi connectivity index (χ0n) is 17.2. The van der Waals surface area contributed by atoms with Crippen LogP contribution in [0, 0.1) is 23.2 Å². The summed E-state index contributed by atoms with van der Waals surface area (Å²) in [6, 6.07) is 0. The van der Waals surface area contributed by atoms with Gasteiger partial charge in [-0.05, 0) is 70.1 Å². The van der Waals surface area contributed by atoms with Crippen LogP contribution in [0.15, 0.2) is 11.1 Å². The maximum Gasteiger partial charge on any atom is 0.331 e. The van der Waals surface area contributed by atoms with Gasteiger partial charge < -0.3 is 5.11 Å². The fourth-order valence-corrected chi connectivity index (χ4v) is 7.14. The van der Waals surface area contributed by atoms with Crippen LogP contribution in [0.2, 0.25) is 0 Å². The maximum absolute atomic E-state index is 12.0. The molecule has 0 radical (unpaired) electrons. The summed E-state index contributed by atoms with van der Waals surface area (Å²) in [5.74, 6) is 1.47. The van der Waals surface area contributed by atoms with Gasteiger partial charge in [-0.1, -0.05) is 63.4 Å². The summed E-state index contributed by atoms with van der Waals surface area (Å²) in [7, 11) is 0. The highest BCUT2D eigenvalue weighted by Crippen LogP contribution is 2.60. The molecule has 3 saturated carbocycles. The van der Waals surface area contributed by atoms with Crippen LogP contribution in [0.4, 0.5) is 0 Å². The van der Waals surface area contributed by atoms with Gasteiger partial charge in [-0.2, -0.15) is 0 Å². The second-order valence-electron chi connectivity index (χ2n) is 9.49. The number of carboxylic acid groups (broad SMARTS) is 1. The number of rotatable bonds is 5. The standard InChI is InChI=1S/C24H40O2/c1-18(23(25)26)19(2)24(20-12-6-3-7-13-20,21-14-8-4-9-15-21)22-16-10-5-11-17-22/h20-22H,3-17H2,1-2H3,(H,25,26). The molecule has 0 aromatic carbocycles. The molecule has 0 aliphatic heterocycles. The van der Waals surface area contributed by atoms with Gasteiger partial charge in [0.15, 0.2) is 0 Å². The molecule has 0 aromatic heterocycles. The van der Waals surface area contributed by atoms with E-state index in [1.165, 1.54) is 102 Å². The number of allylic oxidation sites excluding steroid dienone is 1. The predicted octanol–water partition coefficient (Wildman–Crippen LogP) is 7.13. The minimum Gasteiger partial charge on any atom is -0.478 e. The lowest BCUT2D eigenvalue weighted by Crippen LogP contribution is -2.48. The number of hydrogen-bond donors (Lipinski definition) is 1. The van der Waals surface area contributed by atoms with Crippen molar-refractivity contribution in [2.24, 2.45) is 23.2 Å². The van der Waals surface area contributed by atoms with Crippen molar-refractivity contribution in [2.45, 2.75) is 110 Å². The molecule has 3 fully saturated rings. The van der Waals surface area contributed by atoms with E-state index in [1.807, 2.05) is 6.92 Å². The topological polar surface area (TPSA) is 37.3 Å². The van der Waals surface area contributed by atoms with Gasteiger partial charge in [0.2, 0.25) is 0 Å². The first-order valence-corrected chi connectivity index (χ1v) is 11.5. The second-order valence-corrected chi connectivity index (χ2v) is 9.49. The molecule has 0 saturated heterocycles. The molecule has 3 rings (SSSR count).